The fraction of sp³-hybridized carbons (Fsp3) is 0.300. The third-order valence-corrected chi connectivity index (χ3v) is 5.26. The summed E-state index contributed by atoms with van der Waals surface area (Å²) in [4.78, 5) is 28.8. The van der Waals surface area contributed by atoms with E-state index in [0.29, 0.717) is 28.3 Å². The van der Waals surface area contributed by atoms with Gasteiger partial charge in [-0.3, -0.25) is 10.1 Å². The number of thiophene rings is 1. The lowest BCUT2D eigenvalue weighted by Gasteiger charge is -2.14. The maximum atomic E-state index is 12.6. The highest BCUT2D eigenvalue weighted by molar-refractivity contribution is 7.17. The molecule has 27 heavy (non-hydrogen) atoms. The summed E-state index contributed by atoms with van der Waals surface area (Å²) < 4.78 is 4.99. The molecule has 0 saturated carbocycles. The molecule has 0 spiro atoms. The van der Waals surface area contributed by atoms with Crippen molar-refractivity contribution in [3.8, 4) is 11.1 Å². The molecule has 0 aliphatic rings. The van der Waals surface area contributed by atoms with E-state index in [4.69, 9.17) is 4.74 Å². The topological polar surface area (TPSA) is 82.3 Å². The number of aryl methyl sites for hydroxylation is 1. The Morgan fingerprint density at radius 3 is 2.74 bits per heavy atom. The second-order valence-electron chi connectivity index (χ2n) is 6.79. The fourth-order valence-corrected chi connectivity index (χ4v) is 4.26. The molecule has 0 aliphatic carbocycles. The number of nitro benzene ring substituents is 1. The molecule has 3 rings (SSSR count). The highest BCUT2D eigenvalue weighted by atomic mass is 32.1. The van der Waals surface area contributed by atoms with Gasteiger partial charge in [0.25, 0.3) is 5.69 Å². The van der Waals surface area contributed by atoms with Crippen LogP contribution in [0.4, 0.5) is 5.69 Å². The minimum Gasteiger partial charge on any atom is -0.465 e. The van der Waals surface area contributed by atoms with E-state index < -0.39 is 10.9 Å². The largest absolute Gasteiger partial charge is 0.465 e. The summed E-state index contributed by atoms with van der Waals surface area (Å²) >= 11 is 1.52. The fourth-order valence-electron chi connectivity index (χ4n) is 3.25. The summed E-state index contributed by atoms with van der Waals surface area (Å²) in [6, 6.07) is 6.35. The van der Waals surface area contributed by atoms with Crippen molar-refractivity contribution >= 4 is 33.2 Å². The molecule has 0 radical (unpaired) electrons. The van der Waals surface area contributed by atoms with Crippen LogP contribution in [0.15, 0.2) is 29.6 Å². The number of aromatic nitrogens is 1. The minimum atomic E-state index is -0.495. The van der Waals surface area contributed by atoms with Crippen LogP contribution in [0.1, 0.15) is 35.5 Å². The molecule has 0 unspecified atom stereocenters. The van der Waals surface area contributed by atoms with E-state index in [9.17, 15) is 14.9 Å². The number of methoxy groups -OCH3 is 1. The number of non-ortho nitro benzene ring substituents is 1. The van der Waals surface area contributed by atoms with Gasteiger partial charge in [0.15, 0.2) is 0 Å². The van der Waals surface area contributed by atoms with Gasteiger partial charge in [-0.25, -0.2) is 9.78 Å². The van der Waals surface area contributed by atoms with Gasteiger partial charge in [0, 0.05) is 23.1 Å². The lowest BCUT2D eigenvalue weighted by molar-refractivity contribution is -0.384. The molecular weight excluding hydrogens is 364 g/mol. The number of carbonyl (C=O) groups is 1. The summed E-state index contributed by atoms with van der Waals surface area (Å²) in [7, 11) is 1.33. The molecular formula is C20H20N2O4S. The van der Waals surface area contributed by atoms with E-state index in [1.807, 2.05) is 0 Å². The highest BCUT2D eigenvalue weighted by Gasteiger charge is 2.24. The Morgan fingerprint density at radius 2 is 2.11 bits per heavy atom. The first-order chi connectivity index (χ1) is 12.8. The third kappa shape index (κ3) is 3.55. The molecule has 0 aliphatic heterocycles. The number of rotatable bonds is 5. The number of esters is 1. The predicted octanol–water partition coefficient (Wildman–Crippen LogP) is 5.17. The number of hydrogen-bond donors (Lipinski definition) is 0. The quantitative estimate of drug-likeness (QED) is 0.344. The van der Waals surface area contributed by atoms with Crippen molar-refractivity contribution < 1.29 is 14.5 Å². The monoisotopic (exact) mass is 384 g/mol. The van der Waals surface area contributed by atoms with Crippen LogP contribution >= 0.6 is 11.3 Å². The zero-order chi connectivity index (χ0) is 19.7. The van der Waals surface area contributed by atoms with Gasteiger partial charge in [0.2, 0.25) is 0 Å². The van der Waals surface area contributed by atoms with Gasteiger partial charge in [0.1, 0.15) is 4.83 Å². The van der Waals surface area contributed by atoms with Gasteiger partial charge in [-0.1, -0.05) is 26.0 Å². The van der Waals surface area contributed by atoms with E-state index in [1.54, 1.807) is 19.1 Å². The molecule has 3 aromatic rings. The van der Waals surface area contributed by atoms with Crippen LogP contribution in [-0.4, -0.2) is 23.0 Å². The molecule has 6 nitrogen and oxygen atoms in total. The number of fused-ring (bicyclic) bond motifs is 1. The third-order valence-electron chi connectivity index (χ3n) is 4.34. The van der Waals surface area contributed by atoms with E-state index in [2.05, 4.69) is 24.2 Å². The van der Waals surface area contributed by atoms with E-state index in [-0.39, 0.29) is 5.69 Å². The number of carbonyl (C=O) groups excluding carboxylic acids is 1. The number of ether oxygens (including phenoxy) is 1. The zero-order valence-corrected chi connectivity index (χ0v) is 16.4. The molecule has 0 amide bonds. The molecule has 140 valence electrons. The van der Waals surface area contributed by atoms with Gasteiger partial charge in [0.05, 0.1) is 23.3 Å². The molecule has 0 bridgehead atoms. The number of nitro groups is 1. The molecule has 0 atom stereocenters. The molecule has 1 aromatic carbocycles. The van der Waals surface area contributed by atoms with Crippen LogP contribution in [0, 0.1) is 23.0 Å². The average Bonchev–Trinajstić information content (AvgIpc) is 3.01. The SMILES string of the molecule is COC(=O)c1c(C)nc2scc(CC(C)C)c2c1-c1cccc([N+](=O)[O-])c1. The van der Waals surface area contributed by atoms with Crippen LogP contribution in [0.3, 0.4) is 0 Å². The molecule has 2 heterocycles. The Hall–Kier alpha value is -2.80. The van der Waals surface area contributed by atoms with E-state index in [0.717, 1.165) is 22.2 Å². The maximum Gasteiger partial charge on any atom is 0.340 e. The van der Waals surface area contributed by atoms with E-state index in [1.165, 1.54) is 30.6 Å². The summed E-state index contributed by atoms with van der Waals surface area (Å²) in [5.41, 5.74) is 3.24. The van der Waals surface area contributed by atoms with Crippen molar-refractivity contribution in [2.75, 3.05) is 7.11 Å². The molecule has 0 saturated heterocycles. The Morgan fingerprint density at radius 1 is 1.37 bits per heavy atom. The van der Waals surface area contributed by atoms with Crippen molar-refractivity contribution in [1.82, 2.24) is 4.98 Å². The lowest BCUT2D eigenvalue weighted by Crippen LogP contribution is -2.09. The Kier molecular flexibility index (Phi) is 5.23. The normalized spacial score (nSPS) is 11.1. The van der Waals surface area contributed by atoms with Crippen LogP contribution in [0.25, 0.3) is 21.3 Å². The predicted molar refractivity (Wildman–Crippen MR) is 106 cm³/mol. The first-order valence-electron chi connectivity index (χ1n) is 8.57. The summed E-state index contributed by atoms with van der Waals surface area (Å²) in [5, 5.41) is 14.2. The zero-order valence-electron chi connectivity index (χ0n) is 15.6. The standard InChI is InChI=1S/C20H20N2O4S/c1-11(2)8-14-10-27-19-18(14)17(16(12(3)21-19)20(23)26-4)13-6-5-7-15(9-13)22(24)25/h5-7,9-11H,8H2,1-4H3. The number of nitrogens with zero attached hydrogens (tertiary/aromatic N) is 2. The average molecular weight is 384 g/mol. The van der Waals surface area contributed by atoms with Gasteiger partial charge < -0.3 is 4.74 Å². The van der Waals surface area contributed by atoms with Crippen molar-refractivity contribution in [1.29, 1.82) is 0 Å². The van der Waals surface area contributed by atoms with Crippen molar-refractivity contribution in [2.24, 2.45) is 5.92 Å². The molecule has 2 aromatic heterocycles. The van der Waals surface area contributed by atoms with E-state index >= 15 is 0 Å². The number of pyridine rings is 1. The van der Waals surface area contributed by atoms with Crippen LogP contribution in [0.2, 0.25) is 0 Å². The lowest BCUT2D eigenvalue weighted by atomic mass is 9.92. The first kappa shape index (κ1) is 19.0. The number of benzene rings is 1. The van der Waals surface area contributed by atoms with Gasteiger partial charge >= 0.3 is 5.97 Å². The molecule has 7 heteroatoms. The summed E-state index contributed by atoms with van der Waals surface area (Å²) in [6.45, 7) is 6.01. The number of hydrogen-bond acceptors (Lipinski definition) is 6. The summed E-state index contributed by atoms with van der Waals surface area (Å²) in [5.74, 6) is -0.0752. The smallest absolute Gasteiger partial charge is 0.340 e. The van der Waals surface area contributed by atoms with Crippen molar-refractivity contribution in [3.05, 3.63) is 56.6 Å². The minimum absolute atomic E-state index is 0.0217. The highest BCUT2D eigenvalue weighted by Crippen LogP contribution is 2.40. The Bertz CT molecular complexity index is 1040. The Labute approximate surface area is 161 Å². The molecule has 0 fully saturated rings. The van der Waals surface area contributed by atoms with Crippen LogP contribution in [0.5, 0.6) is 0 Å². The first-order valence-corrected chi connectivity index (χ1v) is 9.45. The van der Waals surface area contributed by atoms with Gasteiger partial charge in [-0.2, -0.15) is 0 Å². The van der Waals surface area contributed by atoms with Gasteiger partial charge in [-0.05, 0) is 35.8 Å². The van der Waals surface area contributed by atoms with Gasteiger partial charge in [-0.15, -0.1) is 11.3 Å². The second kappa shape index (κ2) is 7.44. The van der Waals surface area contributed by atoms with Crippen molar-refractivity contribution in [2.45, 2.75) is 27.2 Å². The maximum absolute atomic E-state index is 12.6. The Balaban J connectivity index is 2.42. The van der Waals surface area contributed by atoms with Crippen molar-refractivity contribution in [3.63, 3.8) is 0 Å². The molecule has 0 N–H and O–H groups in total. The van der Waals surface area contributed by atoms with Crippen LogP contribution in [-0.2, 0) is 11.2 Å². The second-order valence-corrected chi connectivity index (χ2v) is 7.64. The van der Waals surface area contributed by atoms with Crippen LogP contribution < -0.4 is 0 Å². The summed E-state index contributed by atoms with van der Waals surface area (Å²) in [6.07, 6.45) is 0.827.